The van der Waals surface area contributed by atoms with Gasteiger partial charge in [-0.3, -0.25) is 0 Å². The second kappa shape index (κ2) is 10.2. The van der Waals surface area contributed by atoms with E-state index in [1.54, 1.807) is 0 Å². The van der Waals surface area contributed by atoms with Gasteiger partial charge < -0.3 is 4.57 Å². The Kier molecular flexibility index (Phi) is 8.71. The van der Waals surface area contributed by atoms with Gasteiger partial charge in [0.15, 0.2) is 0 Å². The number of aryl methyl sites for hydroxylation is 2. The molecule has 0 aliphatic carbocycles. The zero-order valence-corrected chi connectivity index (χ0v) is 12.5. The van der Waals surface area contributed by atoms with Crippen LogP contribution in [0.5, 0.6) is 0 Å². The van der Waals surface area contributed by atoms with E-state index in [2.05, 4.69) is 36.9 Å². The van der Waals surface area contributed by atoms with Crippen LogP contribution in [0.2, 0.25) is 0 Å². The van der Waals surface area contributed by atoms with Crippen molar-refractivity contribution >= 4 is 0 Å². The number of aromatic nitrogens is 1. The Morgan fingerprint density at radius 3 is 2.22 bits per heavy atom. The molecule has 0 aliphatic rings. The van der Waals surface area contributed by atoms with E-state index in [0.717, 1.165) is 0 Å². The fourth-order valence-corrected chi connectivity index (χ4v) is 2.41. The maximum absolute atomic E-state index is 2.37. The molecule has 0 aromatic carbocycles. The quantitative estimate of drug-likeness (QED) is 0.451. The molecule has 0 fully saturated rings. The van der Waals surface area contributed by atoms with Gasteiger partial charge in [0.05, 0.1) is 0 Å². The summed E-state index contributed by atoms with van der Waals surface area (Å²) in [4.78, 5) is 0. The molecule has 1 aromatic rings. The Hall–Kier alpha value is -0.720. The van der Waals surface area contributed by atoms with Gasteiger partial charge in [0.1, 0.15) is 0 Å². The van der Waals surface area contributed by atoms with Crippen molar-refractivity contribution in [1.29, 1.82) is 0 Å². The second-order valence-electron chi connectivity index (χ2n) is 5.48. The topological polar surface area (TPSA) is 4.93 Å². The van der Waals surface area contributed by atoms with Crippen LogP contribution in [0.3, 0.4) is 0 Å². The lowest BCUT2D eigenvalue weighted by molar-refractivity contribution is 0.550. The third kappa shape index (κ3) is 6.88. The summed E-state index contributed by atoms with van der Waals surface area (Å²) in [6.07, 6.45) is 18.2. The van der Waals surface area contributed by atoms with E-state index in [4.69, 9.17) is 0 Å². The third-order valence-electron chi connectivity index (χ3n) is 3.65. The van der Waals surface area contributed by atoms with E-state index < -0.39 is 0 Å². The number of nitrogens with zero attached hydrogens (tertiary/aromatic N) is 1. The molecule has 0 unspecified atom stereocenters. The highest BCUT2D eigenvalue weighted by molar-refractivity contribution is 5.10. The molecule has 1 aromatic heterocycles. The predicted octanol–water partition coefficient (Wildman–Crippen LogP) is 5.58. The molecule has 0 bridgehead atoms. The lowest BCUT2D eigenvalue weighted by atomic mass is 10.1. The fraction of sp³-hybridized carbons (Fsp3) is 0.765. The van der Waals surface area contributed by atoms with E-state index in [1.165, 1.54) is 76.3 Å². The molecule has 0 amide bonds. The zero-order valence-electron chi connectivity index (χ0n) is 12.5. The Labute approximate surface area is 114 Å². The van der Waals surface area contributed by atoms with Crippen molar-refractivity contribution in [2.24, 2.45) is 0 Å². The van der Waals surface area contributed by atoms with Crippen molar-refractivity contribution in [1.82, 2.24) is 4.57 Å². The molecule has 0 saturated heterocycles. The van der Waals surface area contributed by atoms with Crippen LogP contribution in [-0.2, 0) is 13.0 Å². The minimum Gasteiger partial charge on any atom is -0.354 e. The first-order chi connectivity index (χ1) is 8.86. The molecule has 18 heavy (non-hydrogen) atoms. The van der Waals surface area contributed by atoms with Gasteiger partial charge >= 0.3 is 0 Å². The van der Waals surface area contributed by atoms with Crippen molar-refractivity contribution in [2.45, 2.75) is 84.6 Å². The van der Waals surface area contributed by atoms with Crippen LogP contribution in [-0.4, -0.2) is 4.57 Å². The normalized spacial score (nSPS) is 11.0. The highest BCUT2D eigenvalue weighted by Crippen LogP contribution is 2.10. The van der Waals surface area contributed by atoms with E-state index in [1.807, 2.05) is 0 Å². The minimum atomic E-state index is 1.21. The summed E-state index contributed by atoms with van der Waals surface area (Å²) in [5.74, 6) is 0. The number of rotatable bonds is 11. The van der Waals surface area contributed by atoms with Crippen LogP contribution >= 0.6 is 0 Å². The lowest BCUT2D eigenvalue weighted by Crippen LogP contribution is -1.94. The second-order valence-corrected chi connectivity index (χ2v) is 5.48. The number of hydrogen-bond acceptors (Lipinski definition) is 0. The first-order valence-electron chi connectivity index (χ1n) is 8.01. The Balaban J connectivity index is 2.03. The average molecular weight is 249 g/mol. The van der Waals surface area contributed by atoms with Gasteiger partial charge in [-0.05, 0) is 30.9 Å². The Morgan fingerprint density at radius 2 is 1.50 bits per heavy atom. The fourth-order valence-electron chi connectivity index (χ4n) is 2.41. The summed E-state index contributed by atoms with van der Waals surface area (Å²) < 4.78 is 2.37. The molecule has 0 spiro atoms. The van der Waals surface area contributed by atoms with Gasteiger partial charge in [-0.15, -0.1) is 0 Å². The first-order valence-corrected chi connectivity index (χ1v) is 8.01. The van der Waals surface area contributed by atoms with Crippen LogP contribution in [0, 0.1) is 0 Å². The molecular weight excluding hydrogens is 218 g/mol. The average Bonchev–Trinajstić information content (AvgIpc) is 2.83. The molecule has 0 N–H and O–H groups in total. The third-order valence-corrected chi connectivity index (χ3v) is 3.65. The zero-order chi connectivity index (χ0) is 13.1. The summed E-state index contributed by atoms with van der Waals surface area (Å²) in [6, 6.07) is 2.29. The van der Waals surface area contributed by atoms with Gasteiger partial charge in [-0.2, -0.15) is 0 Å². The van der Waals surface area contributed by atoms with Gasteiger partial charge in [0.2, 0.25) is 0 Å². The molecular formula is C17H31N. The standard InChI is InChI=1S/C17H31N/c1-3-5-7-8-9-10-11-14-18-15-13-17(16-18)12-6-4-2/h13,15-16H,3-12,14H2,1-2H3. The molecule has 1 rings (SSSR count). The monoisotopic (exact) mass is 249 g/mol. The van der Waals surface area contributed by atoms with E-state index >= 15 is 0 Å². The van der Waals surface area contributed by atoms with Crippen molar-refractivity contribution < 1.29 is 0 Å². The SMILES string of the molecule is CCCCCCCCCn1ccc(CCCC)c1. The highest BCUT2D eigenvalue weighted by Gasteiger charge is 1.97. The van der Waals surface area contributed by atoms with Crippen LogP contribution in [0.15, 0.2) is 18.5 Å². The Morgan fingerprint density at radius 1 is 0.833 bits per heavy atom. The van der Waals surface area contributed by atoms with Crippen molar-refractivity contribution in [3.63, 3.8) is 0 Å². The summed E-state index contributed by atoms with van der Waals surface area (Å²) in [6.45, 7) is 5.75. The maximum atomic E-state index is 2.37. The molecule has 1 nitrogen and oxygen atoms in total. The van der Waals surface area contributed by atoms with Crippen LogP contribution in [0.1, 0.15) is 77.2 Å². The lowest BCUT2D eigenvalue weighted by Gasteiger charge is -2.03. The van der Waals surface area contributed by atoms with Crippen LogP contribution < -0.4 is 0 Å². The summed E-state index contributed by atoms with van der Waals surface area (Å²) in [5, 5.41) is 0. The molecule has 104 valence electrons. The molecule has 1 heteroatoms. The van der Waals surface area contributed by atoms with Crippen LogP contribution in [0.4, 0.5) is 0 Å². The molecule has 0 saturated carbocycles. The first kappa shape index (κ1) is 15.3. The van der Waals surface area contributed by atoms with E-state index in [0.29, 0.717) is 0 Å². The number of unbranched alkanes of at least 4 members (excludes halogenated alkanes) is 7. The van der Waals surface area contributed by atoms with E-state index in [9.17, 15) is 0 Å². The number of hydrogen-bond donors (Lipinski definition) is 0. The van der Waals surface area contributed by atoms with Crippen molar-refractivity contribution in [2.75, 3.05) is 0 Å². The molecule has 1 heterocycles. The van der Waals surface area contributed by atoms with Gasteiger partial charge in [0.25, 0.3) is 0 Å². The van der Waals surface area contributed by atoms with Gasteiger partial charge in [0, 0.05) is 18.9 Å². The summed E-state index contributed by atoms with van der Waals surface area (Å²) in [5.41, 5.74) is 1.51. The largest absolute Gasteiger partial charge is 0.354 e. The molecule has 0 radical (unpaired) electrons. The van der Waals surface area contributed by atoms with Crippen LogP contribution in [0.25, 0.3) is 0 Å². The van der Waals surface area contributed by atoms with Gasteiger partial charge in [-0.25, -0.2) is 0 Å². The minimum absolute atomic E-state index is 1.21. The smallest absolute Gasteiger partial charge is 0.0219 e. The Bertz CT molecular complexity index is 288. The molecule has 0 aliphatic heterocycles. The van der Waals surface area contributed by atoms with E-state index in [-0.39, 0.29) is 0 Å². The highest BCUT2D eigenvalue weighted by atomic mass is 14.9. The van der Waals surface area contributed by atoms with Crippen molar-refractivity contribution in [3.8, 4) is 0 Å². The molecule has 0 atom stereocenters. The maximum Gasteiger partial charge on any atom is 0.0219 e. The predicted molar refractivity (Wildman–Crippen MR) is 81.0 cm³/mol. The summed E-state index contributed by atoms with van der Waals surface area (Å²) >= 11 is 0. The van der Waals surface area contributed by atoms with Gasteiger partial charge in [-0.1, -0.05) is 58.8 Å². The van der Waals surface area contributed by atoms with Crippen molar-refractivity contribution in [3.05, 3.63) is 24.0 Å². The summed E-state index contributed by atoms with van der Waals surface area (Å²) in [7, 11) is 0.